The third-order valence-corrected chi connectivity index (χ3v) is 6.92. The summed E-state index contributed by atoms with van der Waals surface area (Å²) in [5.41, 5.74) is 3.81. The normalized spacial score (nSPS) is 12.9. The molecule has 3 aromatic rings. The first-order valence-electron chi connectivity index (χ1n) is 10.0. The van der Waals surface area contributed by atoms with E-state index >= 15 is 0 Å². The molecule has 1 aromatic carbocycles. The van der Waals surface area contributed by atoms with Crippen LogP contribution in [0.1, 0.15) is 44.9 Å². The molecule has 0 atom stereocenters. The molecule has 31 heavy (non-hydrogen) atoms. The van der Waals surface area contributed by atoms with Crippen molar-refractivity contribution in [1.29, 1.82) is 0 Å². The fraction of sp³-hybridized carbons (Fsp3) is 0.318. The highest BCUT2D eigenvalue weighted by Gasteiger charge is 2.26. The molecule has 6 nitrogen and oxygen atoms in total. The molecule has 0 unspecified atom stereocenters. The van der Waals surface area contributed by atoms with E-state index in [0.29, 0.717) is 28.1 Å². The average molecular weight is 475 g/mol. The summed E-state index contributed by atoms with van der Waals surface area (Å²) in [6.45, 7) is 2.63. The molecule has 0 spiro atoms. The highest BCUT2D eigenvalue weighted by Crippen LogP contribution is 2.38. The Kier molecular flexibility index (Phi) is 6.60. The third-order valence-electron chi connectivity index (χ3n) is 5.26. The van der Waals surface area contributed by atoms with Gasteiger partial charge in [0.15, 0.2) is 10.9 Å². The number of carbonyl (C=O) groups excluding carboxylic acids is 1. The maximum absolute atomic E-state index is 12.4. The average Bonchev–Trinajstić information content (AvgIpc) is 3.28. The van der Waals surface area contributed by atoms with E-state index in [-0.39, 0.29) is 5.97 Å². The number of methoxy groups -OCH3 is 1. The lowest BCUT2D eigenvalue weighted by Crippen LogP contribution is -2.20. The van der Waals surface area contributed by atoms with Gasteiger partial charge in [0.25, 0.3) is 0 Å². The molecule has 0 fully saturated rings. The van der Waals surface area contributed by atoms with Crippen molar-refractivity contribution in [3.05, 3.63) is 62.6 Å². The number of thiophene rings is 1. The van der Waals surface area contributed by atoms with E-state index in [1.54, 1.807) is 11.3 Å². The fourth-order valence-corrected chi connectivity index (χ4v) is 5.40. The Morgan fingerprint density at radius 1 is 1.26 bits per heavy atom. The Bertz CT molecular complexity index is 1120. The number of nitrogens with zero attached hydrogens (tertiary/aromatic N) is 2. The Hall–Kier alpha value is -2.42. The predicted octanol–water partition coefficient (Wildman–Crippen LogP) is 5.43. The van der Waals surface area contributed by atoms with Crippen LogP contribution < -0.4 is 10.6 Å². The van der Waals surface area contributed by atoms with Crippen molar-refractivity contribution in [3.8, 4) is 0 Å². The van der Waals surface area contributed by atoms with Crippen molar-refractivity contribution in [2.75, 3.05) is 17.7 Å². The maximum atomic E-state index is 12.4. The van der Waals surface area contributed by atoms with E-state index in [4.69, 9.17) is 28.6 Å². The number of ether oxygens (including phenoxy) is 1. The molecule has 1 aliphatic rings. The summed E-state index contributed by atoms with van der Waals surface area (Å²) >= 11 is 13.1. The van der Waals surface area contributed by atoms with Gasteiger partial charge in [0.05, 0.1) is 19.2 Å². The number of fused-ring (bicyclic) bond motifs is 1. The van der Waals surface area contributed by atoms with E-state index in [1.165, 1.54) is 12.0 Å². The van der Waals surface area contributed by atoms with Crippen LogP contribution >= 0.6 is 35.2 Å². The molecule has 0 amide bonds. The largest absolute Gasteiger partial charge is 0.465 e. The maximum Gasteiger partial charge on any atom is 0.341 e. The number of thiocarbonyl (C=S) groups is 1. The van der Waals surface area contributed by atoms with Crippen LogP contribution in [0.4, 0.5) is 10.8 Å². The second-order valence-electron chi connectivity index (χ2n) is 7.44. The predicted molar refractivity (Wildman–Crippen MR) is 130 cm³/mol. The van der Waals surface area contributed by atoms with Crippen molar-refractivity contribution < 1.29 is 9.53 Å². The van der Waals surface area contributed by atoms with E-state index in [0.717, 1.165) is 47.5 Å². The molecule has 0 aliphatic heterocycles. The molecule has 2 aromatic heterocycles. The van der Waals surface area contributed by atoms with Crippen molar-refractivity contribution in [2.24, 2.45) is 0 Å². The smallest absolute Gasteiger partial charge is 0.341 e. The van der Waals surface area contributed by atoms with Crippen LogP contribution in [0, 0.1) is 6.92 Å². The van der Waals surface area contributed by atoms with Gasteiger partial charge in [-0.15, -0.1) is 11.3 Å². The zero-order chi connectivity index (χ0) is 22.0. The van der Waals surface area contributed by atoms with Crippen molar-refractivity contribution in [3.63, 3.8) is 0 Å². The minimum atomic E-state index is -0.326. The number of hydrogen-bond acceptors (Lipinski definition) is 5. The molecular weight excluding hydrogens is 452 g/mol. The van der Waals surface area contributed by atoms with Crippen LogP contribution in [0.5, 0.6) is 0 Å². The zero-order valence-electron chi connectivity index (χ0n) is 17.3. The lowest BCUT2D eigenvalue weighted by molar-refractivity contribution is 0.0601. The van der Waals surface area contributed by atoms with Gasteiger partial charge in [-0.05, 0) is 68.1 Å². The number of nitrogens with one attached hydrogen (secondary N) is 2. The summed E-state index contributed by atoms with van der Waals surface area (Å²) in [5.74, 6) is 0.317. The third kappa shape index (κ3) is 4.92. The number of carbonyl (C=O) groups is 1. The lowest BCUT2D eigenvalue weighted by Gasteiger charge is -2.12. The molecule has 2 heterocycles. The number of aromatic nitrogens is 2. The van der Waals surface area contributed by atoms with Crippen LogP contribution in [0.2, 0.25) is 5.02 Å². The Morgan fingerprint density at radius 2 is 2.00 bits per heavy atom. The first-order chi connectivity index (χ1) is 14.9. The minimum absolute atomic E-state index is 0.326. The summed E-state index contributed by atoms with van der Waals surface area (Å²) in [5, 5.41) is 12.8. The Labute approximate surface area is 195 Å². The first kappa shape index (κ1) is 21.8. The van der Waals surface area contributed by atoms with Gasteiger partial charge >= 0.3 is 5.97 Å². The van der Waals surface area contributed by atoms with Crippen molar-refractivity contribution >= 4 is 57.1 Å². The van der Waals surface area contributed by atoms with Crippen molar-refractivity contribution in [1.82, 2.24) is 9.78 Å². The summed E-state index contributed by atoms with van der Waals surface area (Å²) in [6.07, 6.45) is 4.10. The fourth-order valence-electron chi connectivity index (χ4n) is 3.72. The number of halogens is 1. The number of benzene rings is 1. The molecule has 9 heteroatoms. The molecule has 2 N–H and O–H groups in total. The highest BCUT2D eigenvalue weighted by molar-refractivity contribution is 7.80. The number of hydrogen-bond donors (Lipinski definition) is 2. The van der Waals surface area contributed by atoms with E-state index in [2.05, 4.69) is 15.7 Å². The summed E-state index contributed by atoms with van der Waals surface area (Å²) in [4.78, 5) is 13.6. The van der Waals surface area contributed by atoms with Gasteiger partial charge < -0.3 is 15.4 Å². The topological polar surface area (TPSA) is 68.2 Å². The Morgan fingerprint density at radius 3 is 2.74 bits per heavy atom. The standard InChI is InChI=1S/C22H23ClN4O2S2/c1-13-11-18(26-27(13)12-14-7-9-15(23)10-8-14)24-22(30)25-20-19(21(28)29-2)16-5-3-4-6-17(16)31-20/h7-11H,3-6,12H2,1-2H3,(H2,24,25,26,30). The van der Waals surface area contributed by atoms with Crippen LogP contribution in [-0.4, -0.2) is 28.0 Å². The van der Waals surface area contributed by atoms with Crippen LogP contribution in [0.25, 0.3) is 0 Å². The molecule has 162 valence electrons. The number of aryl methyl sites for hydroxylation is 2. The van der Waals surface area contributed by atoms with Gasteiger partial charge in [-0.2, -0.15) is 5.10 Å². The molecule has 4 rings (SSSR count). The van der Waals surface area contributed by atoms with Gasteiger partial charge in [0.2, 0.25) is 0 Å². The zero-order valence-corrected chi connectivity index (χ0v) is 19.7. The summed E-state index contributed by atoms with van der Waals surface area (Å²) < 4.78 is 6.93. The van der Waals surface area contributed by atoms with Crippen molar-refractivity contribution in [2.45, 2.75) is 39.2 Å². The van der Waals surface area contributed by atoms with Gasteiger partial charge in [-0.25, -0.2) is 4.79 Å². The highest BCUT2D eigenvalue weighted by atomic mass is 35.5. The van der Waals surface area contributed by atoms with E-state index in [1.807, 2.05) is 41.9 Å². The number of esters is 1. The second kappa shape index (κ2) is 9.38. The quantitative estimate of drug-likeness (QED) is 0.379. The summed E-state index contributed by atoms with van der Waals surface area (Å²) in [7, 11) is 1.41. The number of anilines is 2. The minimum Gasteiger partial charge on any atom is -0.465 e. The molecule has 1 aliphatic carbocycles. The van der Waals surface area contributed by atoms with Crippen LogP contribution in [0.15, 0.2) is 30.3 Å². The molecule has 0 bridgehead atoms. The van der Waals surface area contributed by atoms with Gasteiger partial charge in [-0.3, -0.25) is 4.68 Å². The molecular formula is C22H23ClN4O2S2. The van der Waals surface area contributed by atoms with Gasteiger partial charge in [0, 0.05) is 21.7 Å². The molecule has 0 radical (unpaired) electrons. The molecule has 0 saturated carbocycles. The van der Waals surface area contributed by atoms with Crippen LogP contribution in [0.3, 0.4) is 0 Å². The van der Waals surface area contributed by atoms with E-state index < -0.39 is 0 Å². The van der Waals surface area contributed by atoms with Gasteiger partial charge in [0.1, 0.15) is 5.00 Å². The monoisotopic (exact) mass is 474 g/mol. The SMILES string of the molecule is COC(=O)c1c(NC(=S)Nc2cc(C)n(Cc3ccc(Cl)cc3)n2)sc2c1CCCC2. The number of rotatable bonds is 5. The Balaban J connectivity index is 1.48. The summed E-state index contributed by atoms with van der Waals surface area (Å²) in [6, 6.07) is 9.64. The van der Waals surface area contributed by atoms with Gasteiger partial charge in [-0.1, -0.05) is 23.7 Å². The first-order valence-corrected chi connectivity index (χ1v) is 11.6. The van der Waals surface area contributed by atoms with E-state index in [9.17, 15) is 4.79 Å². The second-order valence-corrected chi connectivity index (χ2v) is 9.39. The molecule has 0 saturated heterocycles. The van der Waals surface area contributed by atoms with Crippen LogP contribution in [-0.2, 0) is 24.1 Å². The lowest BCUT2D eigenvalue weighted by atomic mass is 9.95.